The van der Waals surface area contributed by atoms with Crippen molar-refractivity contribution in [2.24, 2.45) is 0 Å². The molecule has 0 saturated heterocycles. The van der Waals surface area contributed by atoms with Crippen LogP contribution in [0.4, 0.5) is 10.8 Å². The lowest BCUT2D eigenvalue weighted by atomic mass is 10.2. The molecular weight excluding hydrogens is 420 g/mol. The molecule has 26 heavy (non-hydrogen) atoms. The zero-order chi connectivity index (χ0) is 18.3. The maximum atomic E-state index is 12.6. The van der Waals surface area contributed by atoms with Gasteiger partial charge in [-0.05, 0) is 36.4 Å². The van der Waals surface area contributed by atoms with Crippen molar-refractivity contribution in [2.45, 2.75) is 0 Å². The van der Waals surface area contributed by atoms with Crippen molar-refractivity contribution in [1.82, 2.24) is 14.6 Å². The standard InChI is InChI=1S/C17H11BrN4O3S/c1-25-15(24)9-3-2-4-11(7-9)19-16-21-22-14(23)12-8-10(18)5-6-13(12)20-17(22)26-16/h2-8H,1H3,(H,19,21). The second-order valence-corrected chi connectivity index (χ2v) is 7.25. The van der Waals surface area contributed by atoms with Gasteiger partial charge in [0.05, 0.1) is 23.6 Å². The number of carbonyl (C=O) groups is 1. The Bertz CT molecular complexity index is 1220. The lowest BCUT2D eigenvalue weighted by Crippen LogP contribution is -2.15. The Morgan fingerprint density at radius 3 is 2.92 bits per heavy atom. The highest BCUT2D eigenvalue weighted by Crippen LogP contribution is 2.24. The first-order chi connectivity index (χ1) is 12.5. The highest BCUT2D eigenvalue weighted by Gasteiger charge is 2.12. The van der Waals surface area contributed by atoms with Gasteiger partial charge in [0.1, 0.15) is 0 Å². The van der Waals surface area contributed by atoms with Crippen LogP contribution in [0.3, 0.4) is 0 Å². The Hall–Kier alpha value is -2.78. The first-order valence-electron chi connectivity index (χ1n) is 7.50. The number of fused-ring (bicyclic) bond motifs is 2. The second kappa shape index (κ2) is 6.50. The summed E-state index contributed by atoms with van der Waals surface area (Å²) in [6, 6.07) is 12.2. The Balaban J connectivity index is 1.76. The summed E-state index contributed by atoms with van der Waals surface area (Å²) in [5.74, 6) is -0.423. The average molecular weight is 431 g/mol. The Kier molecular flexibility index (Phi) is 4.17. The normalized spacial score (nSPS) is 11.0. The summed E-state index contributed by atoms with van der Waals surface area (Å²) in [6.45, 7) is 0. The van der Waals surface area contributed by atoms with Gasteiger partial charge in [0.15, 0.2) is 0 Å². The minimum atomic E-state index is -0.423. The Morgan fingerprint density at radius 1 is 1.27 bits per heavy atom. The van der Waals surface area contributed by atoms with Crippen molar-refractivity contribution in [1.29, 1.82) is 0 Å². The first kappa shape index (κ1) is 16.7. The summed E-state index contributed by atoms with van der Waals surface area (Å²) in [5.41, 5.74) is 1.46. The van der Waals surface area contributed by atoms with E-state index in [9.17, 15) is 9.59 Å². The van der Waals surface area contributed by atoms with E-state index in [1.807, 2.05) is 6.07 Å². The molecule has 7 nitrogen and oxygen atoms in total. The summed E-state index contributed by atoms with van der Waals surface area (Å²) < 4.78 is 6.79. The predicted octanol–water partition coefficient (Wildman–Crippen LogP) is 3.60. The molecule has 0 radical (unpaired) electrons. The SMILES string of the molecule is COC(=O)c1cccc(Nc2nn3c(=O)c4cc(Br)ccc4nc3s2)c1. The summed E-state index contributed by atoms with van der Waals surface area (Å²) in [4.78, 5) is 29.3. The summed E-state index contributed by atoms with van der Waals surface area (Å²) in [6.07, 6.45) is 0. The molecule has 9 heteroatoms. The molecule has 0 aliphatic rings. The molecule has 0 aliphatic heterocycles. The molecule has 0 aliphatic carbocycles. The highest BCUT2D eigenvalue weighted by molar-refractivity contribution is 9.10. The molecule has 0 amide bonds. The number of ether oxygens (including phenoxy) is 1. The number of nitrogens with one attached hydrogen (secondary N) is 1. The molecule has 2 heterocycles. The van der Waals surface area contributed by atoms with E-state index in [1.165, 1.54) is 23.0 Å². The molecule has 0 bridgehead atoms. The van der Waals surface area contributed by atoms with Crippen molar-refractivity contribution in [3.8, 4) is 0 Å². The smallest absolute Gasteiger partial charge is 0.337 e. The fourth-order valence-electron chi connectivity index (χ4n) is 2.50. The van der Waals surface area contributed by atoms with Crippen molar-refractivity contribution >= 4 is 59.9 Å². The number of nitrogens with zero attached hydrogens (tertiary/aromatic N) is 3. The molecule has 4 aromatic rings. The van der Waals surface area contributed by atoms with Gasteiger partial charge in [0.25, 0.3) is 5.56 Å². The third-order valence-corrected chi connectivity index (χ3v) is 5.01. The Morgan fingerprint density at radius 2 is 2.12 bits per heavy atom. The van der Waals surface area contributed by atoms with Gasteiger partial charge in [-0.15, -0.1) is 5.10 Å². The van der Waals surface area contributed by atoms with Crippen LogP contribution in [0.25, 0.3) is 15.9 Å². The molecule has 0 saturated carbocycles. The van der Waals surface area contributed by atoms with E-state index in [-0.39, 0.29) is 5.56 Å². The fourth-order valence-corrected chi connectivity index (χ4v) is 3.68. The van der Waals surface area contributed by atoms with Gasteiger partial charge in [-0.3, -0.25) is 4.79 Å². The third kappa shape index (κ3) is 2.95. The average Bonchev–Trinajstić information content (AvgIpc) is 3.04. The fraction of sp³-hybridized carbons (Fsp3) is 0.0588. The van der Waals surface area contributed by atoms with Crippen molar-refractivity contribution < 1.29 is 9.53 Å². The van der Waals surface area contributed by atoms with Crippen molar-refractivity contribution in [3.05, 3.63) is 62.9 Å². The topological polar surface area (TPSA) is 85.6 Å². The maximum Gasteiger partial charge on any atom is 0.337 e. The van der Waals surface area contributed by atoms with Crippen LogP contribution in [0, 0.1) is 0 Å². The van der Waals surface area contributed by atoms with E-state index in [0.29, 0.717) is 32.2 Å². The number of hydrogen-bond acceptors (Lipinski definition) is 7. The van der Waals surface area contributed by atoms with Crippen LogP contribution in [0.15, 0.2) is 51.7 Å². The quantitative estimate of drug-likeness (QED) is 0.499. The van der Waals surface area contributed by atoms with Gasteiger partial charge in [0, 0.05) is 10.2 Å². The molecule has 0 spiro atoms. The third-order valence-electron chi connectivity index (χ3n) is 3.69. The second-order valence-electron chi connectivity index (χ2n) is 5.38. The number of halogens is 1. The largest absolute Gasteiger partial charge is 0.465 e. The van der Waals surface area contributed by atoms with Crippen LogP contribution >= 0.6 is 27.3 Å². The molecule has 2 aromatic heterocycles. The molecule has 0 unspecified atom stereocenters. The molecule has 0 fully saturated rings. The molecule has 2 aromatic carbocycles. The summed E-state index contributed by atoms with van der Waals surface area (Å²) in [7, 11) is 1.33. The number of rotatable bonds is 3. The number of methoxy groups -OCH3 is 1. The van der Waals surface area contributed by atoms with Crippen LogP contribution < -0.4 is 10.9 Å². The van der Waals surface area contributed by atoms with E-state index in [1.54, 1.807) is 36.4 Å². The van der Waals surface area contributed by atoms with E-state index in [0.717, 1.165) is 4.47 Å². The number of benzene rings is 2. The molecule has 4 rings (SSSR count). The first-order valence-corrected chi connectivity index (χ1v) is 9.10. The van der Waals surface area contributed by atoms with Gasteiger partial charge >= 0.3 is 5.97 Å². The van der Waals surface area contributed by atoms with Crippen molar-refractivity contribution in [2.75, 3.05) is 12.4 Å². The van der Waals surface area contributed by atoms with Crippen LogP contribution in [-0.4, -0.2) is 27.7 Å². The van der Waals surface area contributed by atoms with Gasteiger partial charge in [-0.25, -0.2) is 9.78 Å². The van der Waals surface area contributed by atoms with Crippen LogP contribution in [0.2, 0.25) is 0 Å². The van der Waals surface area contributed by atoms with E-state index < -0.39 is 5.97 Å². The number of carbonyl (C=O) groups excluding carboxylic acids is 1. The summed E-state index contributed by atoms with van der Waals surface area (Å²) in [5, 5.41) is 8.38. The lowest BCUT2D eigenvalue weighted by molar-refractivity contribution is 0.0601. The highest BCUT2D eigenvalue weighted by atomic mass is 79.9. The summed E-state index contributed by atoms with van der Waals surface area (Å²) >= 11 is 4.61. The van der Waals surface area contributed by atoms with Gasteiger partial charge < -0.3 is 10.1 Å². The zero-order valence-corrected chi connectivity index (χ0v) is 15.8. The van der Waals surface area contributed by atoms with Gasteiger partial charge in [-0.1, -0.05) is 33.3 Å². The molecule has 130 valence electrons. The molecular formula is C17H11BrN4O3S. The number of anilines is 2. The molecule has 1 N–H and O–H groups in total. The number of esters is 1. The number of hydrogen-bond donors (Lipinski definition) is 1. The zero-order valence-electron chi connectivity index (χ0n) is 13.4. The van der Waals surface area contributed by atoms with E-state index >= 15 is 0 Å². The lowest BCUT2D eigenvalue weighted by Gasteiger charge is -2.04. The predicted molar refractivity (Wildman–Crippen MR) is 103 cm³/mol. The van der Waals surface area contributed by atoms with Gasteiger partial charge in [-0.2, -0.15) is 4.52 Å². The minimum Gasteiger partial charge on any atom is -0.465 e. The van der Waals surface area contributed by atoms with Crippen LogP contribution in [0.1, 0.15) is 10.4 Å². The number of aromatic nitrogens is 3. The minimum absolute atomic E-state index is 0.237. The van der Waals surface area contributed by atoms with E-state index in [2.05, 4.69) is 31.3 Å². The maximum absolute atomic E-state index is 12.6. The Labute approximate surface area is 159 Å². The monoisotopic (exact) mass is 430 g/mol. The van der Waals surface area contributed by atoms with Crippen LogP contribution in [-0.2, 0) is 4.74 Å². The molecule has 0 atom stereocenters. The van der Waals surface area contributed by atoms with Crippen LogP contribution in [0.5, 0.6) is 0 Å². The van der Waals surface area contributed by atoms with E-state index in [4.69, 9.17) is 4.74 Å². The van der Waals surface area contributed by atoms with Gasteiger partial charge in [0.2, 0.25) is 10.1 Å². The van der Waals surface area contributed by atoms with Crippen molar-refractivity contribution in [3.63, 3.8) is 0 Å².